The zero-order valence-corrected chi connectivity index (χ0v) is 13.1. The molecule has 1 unspecified atom stereocenters. The monoisotopic (exact) mass is 291 g/mol. The fourth-order valence-corrected chi connectivity index (χ4v) is 3.57. The summed E-state index contributed by atoms with van der Waals surface area (Å²) in [5.41, 5.74) is 2.65. The van der Waals surface area contributed by atoms with Gasteiger partial charge in [0, 0.05) is 24.4 Å². The topological polar surface area (TPSA) is 41.9 Å². The van der Waals surface area contributed by atoms with Gasteiger partial charge in [-0.2, -0.15) is 0 Å². The lowest BCUT2D eigenvalue weighted by molar-refractivity contribution is 0.0876. The highest BCUT2D eigenvalue weighted by Crippen LogP contribution is 2.50. The average molecular weight is 291 g/mol. The van der Waals surface area contributed by atoms with Crippen LogP contribution in [0.4, 0.5) is 0 Å². The molecule has 21 heavy (non-hydrogen) atoms. The molecule has 4 nitrogen and oxygen atoms in total. The van der Waals surface area contributed by atoms with Gasteiger partial charge in [0.2, 0.25) is 0 Å². The Morgan fingerprint density at radius 3 is 3.00 bits per heavy atom. The third-order valence-corrected chi connectivity index (χ3v) is 4.80. The van der Waals surface area contributed by atoms with E-state index in [0.29, 0.717) is 12.3 Å². The van der Waals surface area contributed by atoms with Crippen molar-refractivity contribution < 1.29 is 14.6 Å². The Kier molecular flexibility index (Phi) is 4.09. The van der Waals surface area contributed by atoms with Gasteiger partial charge in [-0.05, 0) is 38.1 Å². The molecule has 1 aromatic rings. The number of hydrogen-bond acceptors (Lipinski definition) is 4. The molecule has 0 aromatic heterocycles. The van der Waals surface area contributed by atoms with Gasteiger partial charge >= 0.3 is 0 Å². The van der Waals surface area contributed by atoms with Crippen LogP contribution in [0.25, 0.3) is 0 Å². The summed E-state index contributed by atoms with van der Waals surface area (Å²) >= 11 is 0. The second-order valence-electron chi connectivity index (χ2n) is 6.26. The van der Waals surface area contributed by atoms with Crippen LogP contribution in [0.2, 0.25) is 0 Å². The molecular formula is C17H25NO3. The van der Waals surface area contributed by atoms with E-state index in [1.165, 1.54) is 11.1 Å². The highest BCUT2D eigenvalue weighted by atomic mass is 16.5. The summed E-state index contributed by atoms with van der Waals surface area (Å²) in [6, 6.07) is 4.16. The molecule has 1 N–H and O–H groups in total. The Bertz CT molecular complexity index is 517. The van der Waals surface area contributed by atoms with Gasteiger partial charge in [-0.15, -0.1) is 0 Å². The molecule has 0 fully saturated rings. The predicted molar refractivity (Wildman–Crippen MR) is 82.0 cm³/mol. The van der Waals surface area contributed by atoms with Crippen molar-refractivity contribution in [3.8, 4) is 11.5 Å². The molecule has 0 saturated heterocycles. The third-order valence-electron chi connectivity index (χ3n) is 4.80. The summed E-state index contributed by atoms with van der Waals surface area (Å²) in [7, 11) is 3.85. The largest absolute Gasteiger partial charge is 0.493 e. The summed E-state index contributed by atoms with van der Waals surface area (Å²) in [6.45, 7) is 4.03. The highest BCUT2D eigenvalue weighted by molar-refractivity contribution is 5.56. The van der Waals surface area contributed by atoms with Crippen molar-refractivity contribution in [1.29, 1.82) is 0 Å². The van der Waals surface area contributed by atoms with Crippen LogP contribution in [-0.2, 0) is 6.54 Å². The maximum absolute atomic E-state index is 10.0. The molecule has 0 radical (unpaired) electrons. The van der Waals surface area contributed by atoms with Crippen molar-refractivity contribution in [3.63, 3.8) is 0 Å². The molecule has 3 rings (SSSR count). The predicted octanol–water partition coefficient (Wildman–Crippen LogP) is 2.54. The van der Waals surface area contributed by atoms with Gasteiger partial charge in [-0.25, -0.2) is 0 Å². The van der Waals surface area contributed by atoms with Crippen LogP contribution in [0.5, 0.6) is 11.5 Å². The number of methoxy groups -OCH3 is 1. The van der Waals surface area contributed by atoms with Gasteiger partial charge in [0.25, 0.3) is 0 Å². The van der Waals surface area contributed by atoms with E-state index in [-0.39, 0.29) is 12.2 Å². The van der Waals surface area contributed by atoms with Crippen LogP contribution in [0.3, 0.4) is 0 Å². The fourth-order valence-electron chi connectivity index (χ4n) is 3.57. The molecule has 0 aliphatic carbocycles. The molecule has 0 bridgehead atoms. The number of aliphatic hydroxyl groups excluding tert-OH is 1. The van der Waals surface area contributed by atoms with Gasteiger partial charge < -0.3 is 19.5 Å². The van der Waals surface area contributed by atoms with E-state index in [4.69, 9.17) is 9.47 Å². The number of benzene rings is 1. The number of hydrogen-bond donors (Lipinski definition) is 1. The Labute approximate surface area is 126 Å². The van der Waals surface area contributed by atoms with E-state index in [1.807, 2.05) is 13.0 Å². The number of aliphatic hydroxyl groups is 1. The van der Waals surface area contributed by atoms with Gasteiger partial charge in [-0.3, -0.25) is 0 Å². The smallest absolute Gasteiger partial charge is 0.165 e. The van der Waals surface area contributed by atoms with Gasteiger partial charge in [-0.1, -0.05) is 13.0 Å². The molecule has 2 aliphatic rings. The molecule has 0 saturated carbocycles. The van der Waals surface area contributed by atoms with Crippen molar-refractivity contribution in [1.82, 2.24) is 4.90 Å². The standard InChI is InChI=1S/C17H25NO3/c1-4-12(19)9-15-13-7-8-18(2)10-11-5-6-14(20-3)17(21-15)16(11)13/h5-6,12-13,15,19H,4,7-10H2,1-3H3/t12-,13?,15-/m0/s1. The Balaban J connectivity index is 1.98. The van der Waals surface area contributed by atoms with Crippen molar-refractivity contribution in [2.24, 2.45) is 0 Å². The molecule has 2 aliphatic heterocycles. The summed E-state index contributed by atoms with van der Waals surface area (Å²) in [6.07, 6.45) is 2.32. The highest BCUT2D eigenvalue weighted by Gasteiger charge is 2.40. The maximum Gasteiger partial charge on any atom is 0.165 e. The van der Waals surface area contributed by atoms with E-state index in [9.17, 15) is 5.11 Å². The molecule has 116 valence electrons. The summed E-state index contributed by atoms with van der Waals surface area (Å²) in [5.74, 6) is 2.09. The summed E-state index contributed by atoms with van der Waals surface area (Å²) in [4.78, 5) is 2.35. The van der Waals surface area contributed by atoms with E-state index < -0.39 is 0 Å². The molecular weight excluding hydrogens is 266 g/mol. The van der Waals surface area contributed by atoms with E-state index in [0.717, 1.165) is 37.4 Å². The second-order valence-corrected chi connectivity index (χ2v) is 6.26. The van der Waals surface area contributed by atoms with Crippen LogP contribution in [0.15, 0.2) is 12.1 Å². The van der Waals surface area contributed by atoms with Gasteiger partial charge in [0.05, 0.1) is 13.2 Å². The minimum Gasteiger partial charge on any atom is -0.493 e. The number of nitrogens with zero attached hydrogens (tertiary/aromatic N) is 1. The van der Waals surface area contributed by atoms with Crippen molar-refractivity contribution in [3.05, 3.63) is 23.3 Å². The van der Waals surface area contributed by atoms with Crippen LogP contribution in [0, 0.1) is 0 Å². The zero-order chi connectivity index (χ0) is 15.0. The zero-order valence-electron chi connectivity index (χ0n) is 13.1. The average Bonchev–Trinajstić information content (AvgIpc) is 2.74. The molecule has 0 spiro atoms. The molecule has 1 aromatic carbocycles. The van der Waals surface area contributed by atoms with Crippen LogP contribution < -0.4 is 9.47 Å². The lowest BCUT2D eigenvalue weighted by Gasteiger charge is -2.21. The van der Waals surface area contributed by atoms with E-state index >= 15 is 0 Å². The Morgan fingerprint density at radius 2 is 2.29 bits per heavy atom. The van der Waals surface area contributed by atoms with Crippen LogP contribution in [0.1, 0.15) is 43.2 Å². The third kappa shape index (κ3) is 2.62. The number of rotatable bonds is 4. The van der Waals surface area contributed by atoms with Crippen LogP contribution >= 0.6 is 0 Å². The first kappa shape index (κ1) is 14.7. The number of ether oxygens (including phenoxy) is 2. The minimum absolute atomic E-state index is 0.0662. The first-order valence-electron chi connectivity index (χ1n) is 7.87. The van der Waals surface area contributed by atoms with E-state index in [1.54, 1.807) is 7.11 Å². The van der Waals surface area contributed by atoms with Gasteiger partial charge in [0.15, 0.2) is 11.5 Å². The lowest BCUT2D eigenvalue weighted by atomic mass is 9.87. The fraction of sp³-hybridized carbons (Fsp3) is 0.647. The Hall–Kier alpha value is -1.26. The maximum atomic E-state index is 10.0. The summed E-state index contributed by atoms with van der Waals surface area (Å²) in [5, 5.41) is 10.0. The van der Waals surface area contributed by atoms with Gasteiger partial charge in [0.1, 0.15) is 6.10 Å². The van der Waals surface area contributed by atoms with Crippen molar-refractivity contribution in [2.45, 2.75) is 50.9 Å². The molecule has 2 heterocycles. The van der Waals surface area contributed by atoms with Crippen molar-refractivity contribution >= 4 is 0 Å². The molecule has 3 atom stereocenters. The quantitative estimate of drug-likeness (QED) is 0.925. The molecule has 4 heteroatoms. The molecule has 0 amide bonds. The second kappa shape index (κ2) is 5.85. The first-order valence-corrected chi connectivity index (χ1v) is 7.87. The van der Waals surface area contributed by atoms with Crippen LogP contribution in [-0.4, -0.2) is 42.9 Å². The van der Waals surface area contributed by atoms with Crippen molar-refractivity contribution in [2.75, 3.05) is 20.7 Å². The Morgan fingerprint density at radius 1 is 1.48 bits per heavy atom. The summed E-state index contributed by atoms with van der Waals surface area (Å²) < 4.78 is 11.7. The SMILES string of the molecule is CC[C@H](O)C[C@@H]1Oc2c(OC)ccc3c2C1CCN(C)C3. The lowest BCUT2D eigenvalue weighted by Crippen LogP contribution is -2.26. The normalized spacial score (nSPS) is 25.9. The first-order chi connectivity index (χ1) is 10.1. The van der Waals surface area contributed by atoms with E-state index in [2.05, 4.69) is 18.0 Å². The minimum atomic E-state index is -0.292.